The third-order valence-corrected chi connectivity index (χ3v) is 4.84. The Morgan fingerprint density at radius 1 is 1.40 bits per heavy atom. The normalized spacial score (nSPS) is 27.5. The molecule has 1 aliphatic carbocycles. The van der Waals surface area contributed by atoms with Crippen molar-refractivity contribution >= 4 is 0 Å². The van der Waals surface area contributed by atoms with Crippen LogP contribution < -0.4 is 10.1 Å². The summed E-state index contributed by atoms with van der Waals surface area (Å²) in [6.45, 7) is 7.05. The number of piperazine rings is 1. The highest BCUT2D eigenvalue weighted by atomic mass is 16.5. The minimum absolute atomic E-state index is 0.354. The SMILES string of the molecule is COc1cccc(CCN2CCNC(C)(C3CC3)C2)c1. The van der Waals surface area contributed by atoms with Gasteiger partial charge in [0.1, 0.15) is 5.75 Å². The molecule has 1 saturated heterocycles. The van der Waals surface area contributed by atoms with Gasteiger partial charge in [0, 0.05) is 31.7 Å². The highest BCUT2D eigenvalue weighted by molar-refractivity contribution is 5.28. The summed E-state index contributed by atoms with van der Waals surface area (Å²) in [5.74, 6) is 1.87. The lowest BCUT2D eigenvalue weighted by atomic mass is 9.92. The number of methoxy groups -OCH3 is 1. The number of hydrogen-bond acceptors (Lipinski definition) is 3. The first-order valence-corrected chi connectivity index (χ1v) is 7.80. The van der Waals surface area contributed by atoms with Gasteiger partial charge in [-0.1, -0.05) is 12.1 Å². The number of ether oxygens (including phenoxy) is 1. The molecule has 3 heteroatoms. The summed E-state index contributed by atoms with van der Waals surface area (Å²) < 4.78 is 5.30. The Labute approximate surface area is 122 Å². The van der Waals surface area contributed by atoms with Gasteiger partial charge < -0.3 is 10.1 Å². The van der Waals surface area contributed by atoms with Gasteiger partial charge in [0.2, 0.25) is 0 Å². The standard InChI is InChI=1S/C17H26N2O/c1-17(15-6-7-15)13-19(11-9-18-17)10-8-14-4-3-5-16(12-14)20-2/h3-5,12,15,18H,6-11,13H2,1-2H3. The van der Waals surface area contributed by atoms with Gasteiger partial charge in [0.15, 0.2) is 0 Å². The first-order chi connectivity index (χ1) is 9.69. The summed E-state index contributed by atoms with van der Waals surface area (Å²) in [5, 5.41) is 3.74. The second-order valence-corrected chi connectivity index (χ2v) is 6.50. The monoisotopic (exact) mass is 274 g/mol. The van der Waals surface area contributed by atoms with Gasteiger partial charge in [-0.05, 0) is 49.8 Å². The van der Waals surface area contributed by atoms with Crippen LogP contribution in [-0.4, -0.2) is 43.7 Å². The van der Waals surface area contributed by atoms with Crippen molar-refractivity contribution in [3.05, 3.63) is 29.8 Å². The van der Waals surface area contributed by atoms with Gasteiger partial charge in [-0.15, -0.1) is 0 Å². The molecule has 1 atom stereocenters. The maximum atomic E-state index is 5.30. The number of rotatable bonds is 5. The lowest BCUT2D eigenvalue weighted by Crippen LogP contribution is -2.60. The summed E-state index contributed by atoms with van der Waals surface area (Å²) in [6.07, 6.45) is 3.93. The van der Waals surface area contributed by atoms with Crippen LogP contribution >= 0.6 is 0 Å². The molecule has 0 amide bonds. The third kappa shape index (κ3) is 3.15. The van der Waals surface area contributed by atoms with Crippen molar-refractivity contribution in [3.63, 3.8) is 0 Å². The third-order valence-electron chi connectivity index (χ3n) is 4.84. The largest absolute Gasteiger partial charge is 0.497 e. The average molecular weight is 274 g/mol. The molecule has 110 valence electrons. The number of nitrogens with one attached hydrogen (secondary N) is 1. The lowest BCUT2D eigenvalue weighted by molar-refractivity contribution is 0.128. The van der Waals surface area contributed by atoms with E-state index in [1.807, 2.05) is 6.07 Å². The van der Waals surface area contributed by atoms with E-state index in [0.29, 0.717) is 5.54 Å². The second-order valence-electron chi connectivity index (χ2n) is 6.50. The fourth-order valence-electron chi connectivity index (χ4n) is 3.40. The molecule has 1 N–H and O–H groups in total. The Kier molecular flexibility index (Phi) is 3.99. The Balaban J connectivity index is 1.55. The molecule has 1 unspecified atom stereocenters. The van der Waals surface area contributed by atoms with Gasteiger partial charge in [-0.2, -0.15) is 0 Å². The van der Waals surface area contributed by atoms with Crippen LogP contribution in [0, 0.1) is 5.92 Å². The molecule has 1 heterocycles. The molecule has 0 radical (unpaired) electrons. The Hall–Kier alpha value is -1.06. The molecule has 1 aliphatic heterocycles. The van der Waals surface area contributed by atoms with E-state index < -0.39 is 0 Å². The molecule has 20 heavy (non-hydrogen) atoms. The van der Waals surface area contributed by atoms with Crippen molar-refractivity contribution in [2.45, 2.75) is 31.7 Å². The van der Waals surface area contributed by atoms with Gasteiger partial charge in [-0.25, -0.2) is 0 Å². The van der Waals surface area contributed by atoms with Crippen LogP contribution in [-0.2, 0) is 6.42 Å². The van der Waals surface area contributed by atoms with Crippen molar-refractivity contribution in [2.24, 2.45) is 5.92 Å². The van der Waals surface area contributed by atoms with Crippen LogP contribution in [0.1, 0.15) is 25.3 Å². The molecule has 1 aromatic carbocycles. The average Bonchev–Trinajstić information content (AvgIpc) is 3.31. The maximum Gasteiger partial charge on any atom is 0.119 e. The van der Waals surface area contributed by atoms with E-state index >= 15 is 0 Å². The predicted octanol–water partition coefficient (Wildman–Crippen LogP) is 2.31. The quantitative estimate of drug-likeness (QED) is 0.892. The van der Waals surface area contributed by atoms with Gasteiger partial charge in [0.05, 0.1) is 7.11 Å². The van der Waals surface area contributed by atoms with Crippen LogP contribution in [0.5, 0.6) is 5.75 Å². The molecule has 0 spiro atoms. The Bertz CT molecular complexity index is 458. The maximum absolute atomic E-state index is 5.30. The minimum Gasteiger partial charge on any atom is -0.497 e. The van der Waals surface area contributed by atoms with E-state index in [9.17, 15) is 0 Å². The molecule has 3 nitrogen and oxygen atoms in total. The molecule has 0 bridgehead atoms. The zero-order valence-electron chi connectivity index (χ0n) is 12.7. The summed E-state index contributed by atoms with van der Waals surface area (Å²) in [4.78, 5) is 2.62. The van der Waals surface area contributed by atoms with Gasteiger partial charge >= 0.3 is 0 Å². The summed E-state index contributed by atoms with van der Waals surface area (Å²) >= 11 is 0. The second kappa shape index (κ2) is 5.74. The Morgan fingerprint density at radius 3 is 3.00 bits per heavy atom. The predicted molar refractivity (Wildman–Crippen MR) is 82.3 cm³/mol. The van der Waals surface area contributed by atoms with Crippen LogP contribution in [0.2, 0.25) is 0 Å². The number of hydrogen-bond donors (Lipinski definition) is 1. The molecule has 2 aliphatic rings. The molecule has 1 saturated carbocycles. The zero-order chi connectivity index (χ0) is 14.0. The highest BCUT2D eigenvalue weighted by Gasteiger charge is 2.43. The van der Waals surface area contributed by atoms with E-state index in [2.05, 4.69) is 35.3 Å². The highest BCUT2D eigenvalue weighted by Crippen LogP contribution is 2.40. The van der Waals surface area contributed by atoms with Crippen LogP contribution in [0.15, 0.2) is 24.3 Å². The van der Waals surface area contributed by atoms with Crippen molar-refractivity contribution in [2.75, 3.05) is 33.3 Å². The van der Waals surface area contributed by atoms with Gasteiger partial charge in [-0.3, -0.25) is 4.90 Å². The van der Waals surface area contributed by atoms with Crippen molar-refractivity contribution in [1.82, 2.24) is 10.2 Å². The molecule has 2 fully saturated rings. The summed E-state index contributed by atoms with van der Waals surface area (Å²) in [5.41, 5.74) is 1.73. The zero-order valence-corrected chi connectivity index (χ0v) is 12.7. The topological polar surface area (TPSA) is 24.5 Å². The van der Waals surface area contributed by atoms with Gasteiger partial charge in [0.25, 0.3) is 0 Å². The number of benzene rings is 1. The van der Waals surface area contributed by atoms with E-state index in [1.54, 1.807) is 7.11 Å². The van der Waals surface area contributed by atoms with Crippen molar-refractivity contribution in [1.29, 1.82) is 0 Å². The molecule has 0 aromatic heterocycles. The summed E-state index contributed by atoms with van der Waals surface area (Å²) in [7, 11) is 1.73. The number of nitrogens with zero attached hydrogens (tertiary/aromatic N) is 1. The van der Waals surface area contributed by atoms with E-state index in [4.69, 9.17) is 4.74 Å². The van der Waals surface area contributed by atoms with Crippen molar-refractivity contribution in [3.8, 4) is 5.75 Å². The smallest absolute Gasteiger partial charge is 0.119 e. The molecule has 3 rings (SSSR count). The summed E-state index contributed by atoms with van der Waals surface area (Å²) in [6, 6.07) is 8.45. The van der Waals surface area contributed by atoms with Crippen molar-refractivity contribution < 1.29 is 4.74 Å². The Morgan fingerprint density at radius 2 is 2.25 bits per heavy atom. The van der Waals surface area contributed by atoms with Crippen LogP contribution in [0.4, 0.5) is 0 Å². The van der Waals surface area contributed by atoms with E-state index in [1.165, 1.54) is 31.5 Å². The van der Waals surface area contributed by atoms with E-state index in [-0.39, 0.29) is 0 Å². The van der Waals surface area contributed by atoms with Crippen LogP contribution in [0.25, 0.3) is 0 Å². The van der Waals surface area contributed by atoms with Crippen LogP contribution in [0.3, 0.4) is 0 Å². The first kappa shape index (κ1) is 13.9. The van der Waals surface area contributed by atoms with E-state index in [0.717, 1.165) is 31.2 Å². The molecular weight excluding hydrogens is 248 g/mol. The lowest BCUT2D eigenvalue weighted by Gasteiger charge is -2.42. The molecule has 1 aromatic rings. The first-order valence-electron chi connectivity index (χ1n) is 7.80. The fourth-order valence-corrected chi connectivity index (χ4v) is 3.40. The fraction of sp³-hybridized carbons (Fsp3) is 0.647. The minimum atomic E-state index is 0.354. The molecular formula is C17H26N2O.